The molecule has 1 heterocycles. The van der Waals surface area contributed by atoms with Crippen molar-refractivity contribution in [3.05, 3.63) is 11.7 Å². The zero-order chi connectivity index (χ0) is 10.5. The van der Waals surface area contributed by atoms with E-state index in [0.717, 1.165) is 5.89 Å². The summed E-state index contributed by atoms with van der Waals surface area (Å²) in [6.45, 7) is 0.441. The Balaban J connectivity index is 2.00. The Morgan fingerprint density at radius 3 is 2.67 bits per heavy atom. The summed E-state index contributed by atoms with van der Waals surface area (Å²) in [6, 6.07) is 0. The zero-order valence-corrected chi connectivity index (χ0v) is 9.24. The molecule has 1 aromatic rings. The number of rotatable bonds is 3. The molecule has 4 heteroatoms. The summed E-state index contributed by atoms with van der Waals surface area (Å²) in [6.07, 6.45) is 7.63. The molecular formula is C11H18N2O2. The van der Waals surface area contributed by atoms with E-state index in [-0.39, 0.29) is 0 Å². The molecule has 0 atom stereocenters. The first kappa shape index (κ1) is 10.6. The Kier molecular flexibility index (Phi) is 3.72. The molecule has 0 aromatic carbocycles. The lowest BCUT2D eigenvalue weighted by molar-refractivity contribution is 0.174. The SMILES string of the molecule is COCc1noc(C2CCCCCC2)n1. The van der Waals surface area contributed by atoms with Gasteiger partial charge in [-0.25, -0.2) is 0 Å². The summed E-state index contributed by atoms with van der Waals surface area (Å²) < 4.78 is 10.2. The zero-order valence-electron chi connectivity index (χ0n) is 9.24. The highest BCUT2D eigenvalue weighted by molar-refractivity contribution is 4.94. The van der Waals surface area contributed by atoms with Crippen LogP contribution in [-0.2, 0) is 11.3 Å². The van der Waals surface area contributed by atoms with Crippen molar-refractivity contribution in [2.75, 3.05) is 7.11 Å². The van der Waals surface area contributed by atoms with Crippen molar-refractivity contribution in [3.8, 4) is 0 Å². The first-order valence-corrected chi connectivity index (χ1v) is 5.71. The molecule has 1 aliphatic rings. The van der Waals surface area contributed by atoms with Crippen LogP contribution in [0, 0.1) is 0 Å². The van der Waals surface area contributed by atoms with Gasteiger partial charge in [-0.2, -0.15) is 4.98 Å². The molecule has 1 aliphatic carbocycles. The Morgan fingerprint density at radius 1 is 1.27 bits per heavy atom. The highest BCUT2D eigenvalue weighted by Crippen LogP contribution is 2.30. The number of hydrogen-bond donors (Lipinski definition) is 0. The number of methoxy groups -OCH3 is 1. The molecule has 15 heavy (non-hydrogen) atoms. The van der Waals surface area contributed by atoms with Crippen LogP contribution in [0.4, 0.5) is 0 Å². The molecule has 0 bridgehead atoms. The van der Waals surface area contributed by atoms with Crippen LogP contribution in [0.25, 0.3) is 0 Å². The van der Waals surface area contributed by atoms with Crippen LogP contribution in [0.3, 0.4) is 0 Å². The normalized spacial score (nSPS) is 19.0. The predicted octanol–water partition coefficient (Wildman–Crippen LogP) is 2.65. The Bertz CT molecular complexity index is 291. The minimum Gasteiger partial charge on any atom is -0.377 e. The summed E-state index contributed by atoms with van der Waals surface area (Å²) in [4.78, 5) is 4.36. The van der Waals surface area contributed by atoms with Crippen LogP contribution >= 0.6 is 0 Å². The predicted molar refractivity (Wildman–Crippen MR) is 55.5 cm³/mol. The van der Waals surface area contributed by atoms with Gasteiger partial charge in [-0.15, -0.1) is 0 Å². The summed E-state index contributed by atoms with van der Waals surface area (Å²) in [5.41, 5.74) is 0. The van der Waals surface area contributed by atoms with Gasteiger partial charge in [0.1, 0.15) is 6.61 Å². The average Bonchev–Trinajstić information content (AvgIpc) is 2.53. The molecule has 2 rings (SSSR count). The van der Waals surface area contributed by atoms with Gasteiger partial charge in [0.25, 0.3) is 0 Å². The Hall–Kier alpha value is -0.900. The van der Waals surface area contributed by atoms with Crippen LogP contribution < -0.4 is 0 Å². The number of hydrogen-bond acceptors (Lipinski definition) is 4. The molecule has 1 saturated carbocycles. The summed E-state index contributed by atoms with van der Waals surface area (Å²) in [7, 11) is 1.64. The third-order valence-electron chi connectivity index (χ3n) is 2.96. The molecule has 0 unspecified atom stereocenters. The first-order valence-electron chi connectivity index (χ1n) is 5.71. The van der Waals surface area contributed by atoms with Crippen LogP contribution in [0.15, 0.2) is 4.52 Å². The van der Waals surface area contributed by atoms with Gasteiger partial charge >= 0.3 is 0 Å². The minimum atomic E-state index is 0.441. The van der Waals surface area contributed by atoms with Crippen LogP contribution in [0.2, 0.25) is 0 Å². The topological polar surface area (TPSA) is 48.2 Å². The second-order valence-electron chi connectivity index (χ2n) is 4.17. The molecule has 84 valence electrons. The van der Waals surface area contributed by atoms with E-state index >= 15 is 0 Å². The number of ether oxygens (including phenoxy) is 1. The van der Waals surface area contributed by atoms with Gasteiger partial charge in [-0.05, 0) is 12.8 Å². The fourth-order valence-electron chi connectivity index (χ4n) is 2.15. The molecule has 0 N–H and O–H groups in total. The van der Waals surface area contributed by atoms with Gasteiger partial charge in [0.2, 0.25) is 5.89 Å². The van der Waals surface area contributed by atoms with Crippen molar-refractivity contribution >= 4 is 0 Å². The highest BCUT2D eigenvalue weighted by Gasteiger charge is 2.20. The van der Waals surface area contributed by atoms with Gasteiger partial charge in [0.05, 0.1) is 0 Å². The second-order valence-corrected chi connectivity index (χ2v) is 4.17. The van der Waals surface area contributed by atoms with Gasteiger partial charge in [-0.1, -0.05) is 30.8 Å². The lowest BCUT2D eigenvalue weighted by atomic mass is 10.0. The van der Waals surface area contributed by atoms with E-state index in [1.54, 1.807) is 7.11 Å². The third kappa shape index (κ3) is 2.78. The molecular weight excluding hydrogens is 192 g/mol. The van der Waals surface area contributed by atoms with Crippen LogP contribution in [-0.4, -0.2) is 17.3 Å². The molecule has 1 aromatic heterocycles. The molecule has 4 nitrogen and oxygen atoms in total. The van der Waals surface area contributed by atoms with Crippen molar-refractivity contribution in [3.63, 3.8) is 0 Å². The maximum absolute atomic E-state index is 5.27. The number of nitrogens with zero attached hydrogens (tertiary/aromatic N) is 2. The lowest BCUT2D eigenvalue weighted by Crippen LogP contribution is -1.98. The maximum Gasteiger partial charge on any atom is 0.229 e. The fraction of sp³-hybridized carbons (Fsp3) is 0.818. The smallest absolute Gasteiger partial charge is 0.229 e. The van der Waals surface area contributed by atoms with E-state index in [0.29, 0.717) is 18.3 Å². The first-order chi connectivity index (χ1) is 7.40. The van der Waals surface area contributed by atoms with E-state index in [4.69, 9.17) is 9.26 Å². The van der Waals surface area contributed by atoms with Gasteiger partial charge < -0.3 is 9.26 Å². The monoisotopic (exact) mass is 210 g/mol. The highest BCUT2D eigenvalue weighted by atomic mass is 16.5. The van der Waals surface area contributed by atoms with Crippen molar-refractivity contribution in [2.45, 2.75) is 51.0 Å². The largest absolute Gasteiger partial charge is 0.377 e. The van der Waals surface area contributed by atoms with E-state index in [9.17, 15) is 0 Å². The van der Waals surface area contributed by atoms with Gasteiger partial charge in [0.15, 0.2) is 5.82 Å². The van der Waals surface area contributed by atoms with Crippen molar-refractivity contribution in [2.24, 2.45) is 0 Å². The van der Waals surface area contributed by atoms with Crippen molar-refractivity contribution < 1.29 is 9.26 Å². The Labute approximate surface area is 90.0 Å². The fourth-order valence-corrected chi connectivity index (χ4v) is 2.15. The van der Waals surface area contributed by atoms with Crippen molar-refractivity contribution in [1.29, 1.82) is 0 Å². The lowest BCUT2D eigenvalue weighted by Gasteiger charge is -2.06. The van der Waals surface area contributed by atoms with E-state index in [2.05, 4.69) is 10.1 Å². The maximum atomic E-state index is 5.27. The minimum absolute atomic E-state index is 0.441. The summed E-state index contributed by atoms with van der Waals surface area (Å²) in [5, 5.41) is 3.90. The molecule has 0 aliphatic heterocycles. The summed E-state index contributed by atoms with van der Waals surface area (Å²) >= 11 is 0. The van der Waals surface area contributed by atoms with E-state index < -0.39 is 0 Å². The molecule has 1 fully saturated rings. The molecule has 0 radical (unpaired) electrons. The third-order valence-corrected chi connectivity index (χ3v) is 2.96. The van der Waals surface area contributed by atoms with E-state index in [1.165, 1.54) is 38.5 Å². The standard InChI is InChI=1S/C11H18N2O2/c1-14-8-10-12-11(15-13-10)9-6-4-2-3-5-7-9/h9H,2-8H2,1H3. The Morgan fingerprint density at radius 2 is 2.00 bits per heavy atom. The molecule has 0 saturated heterocycles. The van der Waals surface area contributed by atoms with Crippen molar-refractivity contribution in [1.82, 2.24) is 10.1 Å². The van der Waals surface area contributed by atoms with Gasteiger partial charge in [0, 0.05) is 13.0 Å². The van der Waals surface area contributed by atoms with Gasteiger partial charge in [-0.3, -0.25) is 0 Å². The molecule has 0 spiro atoms. The van der Waals surface area contributed by atoms with Crippen LogP contribution in [0.1, 0.15) is 56.2 Å². The summed E-state index contributed by atoms with van der Waals surface area (Å²) in [5.74, 6) is 1.95. The molecule has 0 amide bonds. The quantitative estimate of drug-likeness (QED) is 0.719. The second kappa shape index (κ2) is 5.26. The number of aromatic nitrogens is 2. The van der Waals surface area contributed by atoms with E-state index in [1.807, 2.05) is 0 Å². The average molecular weight is 210 g/mol. The van der Waals surface area contributed by atoms with Crippen LogP contribution in [0.5, 0.6) is 0 Å².